The minimum atomic E-state index is 0.835. The van der Waals surface area contributed by atoms with E-state index in [9.17, 15) is 0 Å². The van der Waals surface area contributed by atoms with Gasteiger partial charge in [-0.2, -0.15) is 9.61 Å². The lowest BCUT2D eigenvalue weighted by atomic mass is 10.2. The molecule has 0 spiro atoms. The predicted octanol–water partition coefficient (Wildman–Crippen LogP) is 3.29. The minimum Gasteiger partial charge on any atom is -0.378 e. The van der Waals surface area contributed by atoms with Crippen LogP contribution in [0, 0.1) is 0 Å². The number of hydrogen-bond acceptors (Lipinski definition) is 6. The first kappa shape index (κ1) is 16.5. The molecule has 0 aliphatic carbocycles. The number of likely N-dealkylation sites (tertiary alicyclic amines) is 1. The second kappa shape index (κ2) is 7.09. The molecule has 3 aromatic rings. The van der Waals surface area contributed by atoms with E-state index < -0.39 is 0 Å². The van der Waals surface area contributed by atoms with Crippen molar-refractivity contribution in [1.82, 2.24) is 24.7 Å². The number of aromatic nitrogens is 4. The average Bonchev–Trinajstić information content (AvgIpc) is 3.09. The topological polar surface area (TPSA) is 49.6 Å². The Labute approximate surface area is 152 Å². The van der Waals surface area contributed by atoms with Gasteiger partial charge < -0.3 is 4.90 Å². The van der Waals surface area contributed by atoms with Crippen molar-refractivity contribution in [3.63, 3.8) is 0 Å². The highest BCUT2D eigenvalue weighted by atomic mass is 32.1. The Hall–Kier alpha value is -1.99. The molecule has 3 heterocycles. The van der Waals surface area contributed by atoms with Gasteiger partial charge in [0.05, 0.1) is 6.54 Å². The molecule has 0 amide bonds. The van der Waals surface area contributed by atoms with Crippen LogP contribution in [0.1, 0.15) is 31.5 Å². The van der Waals surface area contributed by atoms with E-state index in [2.05, 4.69) is 58.4 Å². The van der Waals surface area contributed by atoms with Crippen molar-refractivity contribution in [2.24, 2.45) is 0 Å². The first-order valence-corrected chi connectivity index (χ1v) is 9.73. The highest BCUT2D eigenvalue weighted by molar-refractivity contribution is 7.19. The first-order valence-electron chi connectivity index (χ1n) is 8.92. The Bertz CT molecular complexity index is 844. The molecule has 0 saturated carbocycles. The second-order valence-corrected chi connectivity index (χ2v) is 7.81. The normalized spacial score (nSPS) is 16.2. The molecule has 4 rings (SSSR count). The van der Waals surface area contributed by atoms with Crippen LogP contribution in [0.25, 0.3) is 15.5 Å². The fraction of sp³-hybridized carbons (Fsp3) is 0.500. The average molecular weight is 356 g/mol. The molecule has 1 saturated heterocycles. The van der Waals surface area contributed by atoms with Crippen LogP contribution in [0.2, 0.25) is 0 Å². The second-order valence-electron chi connectivity index (χ2n) is 6.85. The van der Waals surface area contributed by atoms with Crippen LogP contribution in [0.15, 0.2) is 24.3 Å². The number of benzene rings is 1. The lowest BCUT2D eigenvalue weighted by Gasteiger charge is -2.17. The van der Waals surface area contributed by atoms with Gasteiger partial charge >= 0.3 is 0 Å². The van der Waals surface area contributed by atoms with Crippen molar-refractivity contribution in [1.29, 1.82) is 0 Å². The number of nitrogens with zero attached hydrogens (tertiary/aromatic N) is 6. The summed E-state index contributed by atoms with van der Waals surface area (Å²) in [7, 11) is 4.11. The molecule has 1 fully saturated rings. The van der Waals surface area contributed by atoms with Gasteiger partial charge in [-0.3, -0.25) is 4.90 Å². The molecule has 0 unspecified atom stereocenters. The first-order chi connectivity index (χ1) is 12.2. The molecule has 132 valence electrons. The van der Waals surface area contributed by atoms with E-state index in [1.165, 1.54) is 31.4 Å². The van der Waals surface area contributed by atoms with Gasteiger partial charge in [-0.25, -0.2) is 0 Å². The van der Waals surface area contributed by atoms with E-state index in [0.29, 0.717) is 0 Å². The Morgan fingerprint density at radius 3 is 2.64 bits per heavy atom. The van der Waals surface area contributed by atoms with Gasteiger partial charge in [-0.15, -0.1) is 10.2 Å². The summed E-state index contributed by atoms with van der Waals surface area (Å²) in [6, 6.07) is 8.45. The van der Waals surface area contributed by atoms with Gasteiger partial charge in [0, 0.05) is 25.3 Å². The molecule has 0 radical (unpaired) electrons. The zero-order valence-electron chi connectivity index (χ0n) is 14.9. The Kier molecular flexibility index (Phi) is 4.67. The third-order valence-corrected chi connectivity index (χ3v) is 5.68. The molecule has 1 aromatic carbocycles. The summed E-state index contributed by atoms with van der Waals surface area (Å²) in [5, 5.41) is 14.5. The summed E-state index contributed by atoms with van der Waals surface area (Å²) in [6.45, 7) is 3.13. The quantitative estimate of drug-likeness (QED) is 0.718. The lowest BCUT2D eigenvalue weighted by Crippen LogP contribution is -2.25. The monoisotopic (exact) mass is 356 g/mol. The van der Waals surface area contributed by atoms with E-state index in [1.807, 2.05) is 4.52 Å². The van der Waals surface area contributed by atoms with E-state index in [-0.39, 0.29) is 0 Å². The molecule has 25 heavy (non-hydrogen) atoms. The van der Waals surface area contributed by atoms with Crippen molar-refractivity contribution < 1.29 is 0 Å². The SMILES string of the molecule is CN(C)c1cccc(-c2nn3c(CN4CCCCCC4)nnc3s2)c1. The standard InChI is InChI=1S/C18H24N6S/c1-22(2)15-9-7-8-14(12-15)17-21-24-16(19-20-18(24)25-17)13-23-10-5-3-4-6-11-23/h7-9,12H,3-6,10-11,13H2,1-2H3. The van der Waals surface area contributed by atoms with E-state index in [1.54, 1.807) is 11.3 Å². The fourth-order valence-electron chi connectivity index (χ4n) is 3.28. The summed E-state index contributed by atoms with van der Waals surface area (Å²) >= 11 is 1.60. The van der Waals surface area contributed by atoms with Crippen LogP contribution in [-0.2, 0) is 6.54 Å². The molecule has 6 nitrogen and oxygen atoms in total. The molecule has 1 aliphatic rings. The van der Waals surface area contributed by atoms with Crippen LogP contribution in [0.5, 0.6) is 0 Å². The van der Waals surface area contributed by atoms with Gasteiger partial charge in [0.2, 0.25) is 4.96 Å². The summed E-state index contributed by atoms with van der Waals surface area (Å²) in [5.41, 5.74) is 2.30. The summed E-state index contributed by atoms with van der Waals surface area (Å²) in [5.74, 6) is 0.947. The van der Waals surface area contributed by atoms with Crippen molar-refractivity contribution in [2.45, 2.75) is 32.2 Å². The fourth-order valence-corrected chi connectivity index (χ4v) is 4.14. The van der Waals surface area contributed by atoms with Crippen molar-refractivity contribution in [3.8, 4) is 10.6 Å². The van der Waals surface area contributed by atoms with Gasteiger partial charge in [0.1, 0.15) is 5.01 Å². The van der Waals surface area contributed by atoms with E-state index in [4.69, 9.17) is 5.10 Å². The van der Waals surface area contributed by atoms with Crippen LogP contribution < -0.4 is 4.90 Å². The third-order valence-electron chi connectivity index (χ3n) is 4.73. The van der Waals surface area contributed by atoms with E-state index in [0.717, 1.165) is 41.0 Å². The van der Waals surface area contributed by atoms with Gasteiger partial charge in [0.25, 0.3) is 0 Å². The zero-order chi connectivity index (χ0) is 17.2. The number of rotatable bonds is 4. The molecule has 1 aliphatic heterocycles. The highest BCUT2D eigenvalue weighted by Gasteiger charge is 2.17. The molecular weight excluding hydrogens is 332 g/mol. The predicted molar refractivity (Wildman–Crippen MR) is 102 cm³/mol. The van der Waals surface area contributed by atoms with Crippen molar-refractivity contribution in [3.05, 3.63) is 30.1 Å². The summed E-state index contributed by atoms with van der Waals surface area (Å²) < 4.78 is 1.92. The van der Waals surface area contributed by atoms with Crippen LogP contribution in [0.4, 0.5) is 5.69 Å². The molecule has 7 heteroatoms. The number of fused-ring (bicyclic) bond motifs is 1. The van der Waals surface area contributed by atoms with Crippen molar-refractivity contribution in [2.75, 3.05) is 32.1 Å². The van der Waals surface area contributed by atoms with Crippen LogP contribution >= 0.6 is 11.3 Å². The van der Waals surface area contributed by atoms with Crippen LogP contribution in [0.3, 0.4) is 0 Å². The van der Waals surface area contributed by atoms with Crippen molar-refractivity contribution >= 4 is 22.0 Å². The molecule has 0 bridgehead atoms. The molecular formula is C18H24N6S. The Morgan fingerprint density at radius 2 is 1.88 bits per heavy atom. The molecule has 2 aromatic heterocycles. The highest BCUT2D eigenvalue weighted by Crippen LogP contribution is 2.28. The molecule has 0 N–H and O–H groups in total. The zero-order valence-corrected chi connectivity index (χ0v) is 15.7. The maximum absolute atomic E-state index is 4.80. The van der Waals surface area contributed by atoms with Crippen LogP contribution in [-0.4, -0.2) is 51.9 Å². The van der Waals surface area contributed by atoms with Gasteiger partial charge in [0.15, 0.2) is 5.82 Å². The smallest absolute Gasteiger partial charge is 0.235 e. The summed E-state index contributed by atoms with van der Waals surface area (Å²) in [4.78, 5) is 5.46. The third kappa shape index (κ3) is 3.52. The maximum atomic E-state index is 4.80. The maximum Gasteiger partial charge on any atom is 0.235 e. The van der Waals surface area contributed by atoms with E-state index >= 15 is 0 Å². The van der Waals surface area contributed by atoms with Gasteiger partial charge in [-0.05, 0) is 38.1 Å². The molecule has 0 atom stereocenters. The summed E-state index contributed by atoms with van der Waals surface area (Å²) in [6.07, 6.45) is 5.24. The Balaban J connectivity index is 1.60. The number of anilines is 1. The number of hydrogen-bond donors (Lipinski definition) is 0. The van der Waals surface area contributed by atoms with Gasteiger partial charge in [-0.1, -0.05) is 36.3 Å². The Morgan fingerprint density at radius 1 is 1.08 bits per heavy atom. The largest absolute Gasteiger partial charge is 0.378 e. The minimum absolute atomic E-state index is 0.835. The lowest BCUT2D eigenvalue weighted by molar-refractivity contribution is 0.268.